The lowest BCUT2D eigenvalue weighted by Gasteiger charge is -2.08. The summed E-state index contributed by atoms with van der Waals surface area (Å²) in [7, 11) is 0. The Labute approximate surface area is 119 Å². The fourth-order valence-corrected chi connectivity index (χ4v) is 1.97. The molecule has 0 saturated heterocycles. The molecule has 0 bridgehead atoms. The molecule has 0 aliphatic carbocycles. The fraction of sp³-hybridized carbons (Fsp3) is 0.250. The summed E-state index contributed by atoms with van der Waals surface area (Å²) in [5.41, 5.74) is 3.56. The average molecular weight is 269 g/mol. The van der Waals surface area contributed by atoms with Crippen molar-refractivity contribution in [2.45, 2.75) is 20.3 Å². The monoisotopic (exact) mass is 269 g/mol. The second-order valence-corrected chi connectivity index (χ2v) is 4.78. The lowest BCUT2D eigenvalue weighted by Crippen LogP contribution is -2.30. The van der Waals surface area contributed by atoms with Crippen LogP contribution in [0.4, 0.5) is 10.6 Å². The number of nitrogens with zero attached hydrogens (tertiary/aromatic N) is 1. The normalized spacial score (nSPS) is 10.1. The van der Waals surface area contributed by atoms with Crippen molar-refractivity contribution < 1.29 is 4.79 Å². The van der Waals surface area contributed by atoms with Gasteiger partial charge in [-0.1, -0.05) is 24.3 Å². The van der Waals surface area contributed by atoms with Crippen molar-refractivity contribution in [3.8, 4) is 0 Å². The number of aromatic nitrogens is 1. The highest BCUT2D eigenvalue weighted by molar-refractivity contribution is 5.88. The predicted molar refractivity (Wildman–Crippen MR) is 80.9 cm³/mol. The van der Waals surface area contributed by atoms with Gasteiger partial charge in [-0.05, 0) is 49.1 Å². The number of hydrogen-bond donors (Lipinski definition) is 2. The first-order valence-corrected chi connectivity index (χ1v) is 6.67. The SMILES string of the molecule is Cc1ccnc(NC(=O)NCCc2ccccc2C)c1. The molecule has 104 valence electrons. The molecule has 0 aliphatic rings. The molecule has 2 N–H and O–H groups in total. The van der Waals surface area contributed by atoms with Crippen molar-refractivity contribution in [2.75, 3.05) is 11.9 Å². The summed E-state index contributed by atoms with van der Waals surface area (Å²) in [5.74, 6) is 0.568. The van der Waals surface area contributed by atoms with E-state index in [2.05, 4.69) is 34.7 Å². The van der Waals surface area contributed by atoms with Crippen molar-refractivity contribution in [2.24, 2.45) is 0 Å². The van der Waals surface area contributed by atoms with Crippen LogP contribution in [-0.2, 0) is 6.42 Å². The molecule has 0 unspecified atom stereocenters. The van der Waals surface area contributed by atoms with E-state index in [4.69, 9.17) is 0 Å². The molecule has 0 fully saturated rings. The zero-order valence-electron chi connectivity index (χ0n) is 11.8. The summed E-state index contributed by atoms with van der Waals surface area (Å²) in [4.78, 5) is 15.8. The molecule has 4 heteroatoms. The zero-order chi connectivity index (χ0) is 14.4. The minimum Gasteiger partial charge on any atom is -0.337 e. The van der Waals surface area contributed by atoms with Gasteiger partial charge in [0.05, 0.1) is 0 Å². The molecular weight excluding hydrogens is 250 g/mol. The number of amides is 2. The van der Waals surface area contributed by atoms with E-state index in [1.165, 1.54) is 11.1 Å². The van der Waals surface area contributed by atoms with E-state index in [1.807, 2.05) is 31.2 Å². The van der Waals surface area contributed by atoms with Gasteiger partial charge < -0.3 is 5.32 Å². The molecule has 0 aliphatic heterocycles. The second kappa shape index (κ2) is 6.70. The Balaban J connectivity index is 1.80. The Morgan fingerprint density at radius 2 is 2.00 bits per heavy atom. The molecule has 0 radical (unpaired) electrons. The molecule has 20 heavy (non-hydrogen) atoms. The van der Waals surface area contributed by atoms with E-state index >= 15 is 0 Å². The molecule has 1 aromatic carbocycles. The van der Waals surface area contributed by atoms with Gasteiger partial charge >= 0.3 is 6.03 Å². The molecule has 4 nitrogen and oxygen atoms in total. The van der Waals surface area contributed by atoms with Crippen LogP contribution in [0.2, 0.25) is 0 Å². The Kier molecular flexibility index (Phi) is 4.71. The number of urea groups is 1. The number of benzene rings is 1. The molecule has 2 aromatic rings. The molecule has 0 saturated carbocycles. The molecule has 1 aromatic heterocycles. The molecule has 2 amide bonds. The van der Waals surface area contributed by atoms with Gasteiger partial charge in [-0.15, -0.1) is 0 Å². The molecular formula is C16H19N3O. The summed E-state index contributed by atoms with van der Waals surface area (Å²) in [6.45, 7) is 4.64. The number of aryl methyl sites for hydroxylation is 2. The minimum absolute atomic E-state index is 0.225. The van der Waals surface area contributed by atoms with E-state index in [1.54, 1.807) is 6.20 Å². The maximum absolute atomic E-state index is 11.7. The third-order valence-corrected chi connectivity index (χ3v) is 3.10. The first-order chi connectivity index (χ1) is 9.65. The fourth-order valence-electron chi connectivity index (χ4n) is 1.97. The number of nitrogens with one attached hydrogen (secondary N) is 2. The Morgan fingerprint density at radius 1 is 1.20 bits per heavy atom. The summed E-state index contributed by atoms with van der Waals surface area (Å²) in [6.07, 6.45) is 2.50. The van der Waals surface area contributed by atoms with Crippen molar-refractivity contribution >= 4 is 11.8 Å². The highest BCUT2D eigenvalue weighted by atomic mass is 16.2. The third kappa shape index (κ3) is 4.09. The smallest absolute Gasteiger partial charge is 0.320 e. The summed E-state index contributed by atoms with van der Waals surface area (Å²) in [5, 5.41) is 5.56. The van der Waals surface area contributed by atoms with Crippen LogP contribution in [0, 0.1) is 13.8 Å². The van der Waals surface area contributed by atoms with Crippen LogP contribution in [0.1, 0.15) is 16.7 Å². The van der Waals surface area contributed by atoms with Crippen molar-refractivity contribution in [1.82, 2.24) is 10.3 Å². The topological polar surface area (TPSA) is 54.0 Å². The van der Waals surface area contributed by atoms with Gasteiger partial charge in [-0.2, -0.15) is 0 Å². The van der Waals surface area contributed by atoms with Gasteiger partial charge in [-0.25, -0.2) is 9.78 Å². The summed E-state index contributed by atoms with van der Waals surface area (Å²) < 4.78 is 0. The van der Waals surface area contributed by atoms with Crippen molar-refractivity contribution in [1.29, 1.82) is 0 Å². The van der Waals surface area contributed by atoms with Crippen LogP contribution in [0.5, 0.6) is 0 Å². The molecule has 2 rings (SSSR count). The van der Waals surface area contributed by atoms with Gasteiger partial charge in [0.15, 0.2) is 0 Å². The maximum atomic E-state index is 11.7. The third-order valence-electron chi connectivity index (χ3n) is 3.10. The predicted octanol–water partition coefficient (Wildman–Crippen LogP) is 3.06. The van der Waals surface area contributed by atoms with Crippen LogP contribution in [0.25, 0.3) is 0 Å². The Hall–Kier alpha value is -2.36. The number of rotatable bonds is 4. The first kappa shape index (κ1) is 14.1. The second-order valence-electron chi connectivity index (χ2n) is 4.78. The van der Waals surface area contributed by atoms with Gasteiger partial charge in [0.25, 0.3) is 0 Å². The summed E-state index contributed by atoms with van der Waals surface area (Å²) in [6, 6.07) is 11.7. The maximum Gasteiger partial charge on any atom is 0.320 e. The van der Waals surface area contributed by atoms with E-state index in [0.717, 1.165) is 12.0 Å². The van der Waals surface area contributed by atoms with Crippen LogP contribution in [0.15, 0.2) is 42.6 Å². The van der Waals surface area contributed by atoms with Crippen LogP contribution < -0.4 is 10.6 Å². The van der Waals surface area contributed by atoms with E-state index in [9.17, 15) is 4.79 Å². The number of pyridine rings is 1. The highest BCUT2D eigenvalue weighted by Gasteiger charge is 2.03. The molecule has 0 atom stereocenters. The highest BCUT2D eigenvalue weighted by Crippen LogP contribution is 2.07. The van der Waals surface area contributed by atoms with Crippen LogP contribution in [-0.4, -0.2) is 17.6 Å². The lowest BCUT2D eigenvalue weighted by atomic mass is 10.1. The quantitative estimate of drug-likeness (QED) is 0.896. The Bertz CT molecular complexity index is 596. The zero-order valence-corrected chi connectivity index (χ0v) is 11.8. The average Bonchev–Trinajstić information content (AvgIpc) is 2.41. The van der Waals surface area contributed by atoms with Gasteiger partial charge in [0.2, 0.25) is 0 Å². The van der Waals surface area contributed by atoms with E-state index in [0.29, 0.717) is 12.4 Å². The Morgan fingerprint density at radius 3 is 2.75 bits per heavy atom. The molecule has 1 heterocycles. The minimum atomic E-state index is -0.225. The van der Waals surface area contributed by atoms with Gasteiger partial charge in [-0.3, -0.25) is 5.32 Å². The van der Waals surface area contributed by atoms with Crippen molar-refractivity contribution in [3.63, 3.8) is 0 Å². The van der Waals surface area contributed by atoms with Gasteiger partial charge in [0.1, 0.15) is 5.82 Å². The number of anilines is 1. The standard InChI is InChI=1S/C16H19N3O/c1-12-7-9-17-15(11-12)19-16(20)18-10-8-14-6-4-3-5-13(14)2/h3-7,9,11H,8,10H2,1-2H3,(H2,17,18,19,20). The van der Waals surface area contributed by atoms with Crippen LogP contribution >= 0.6 is 0 Å². The number of hydrogen-bond acceptors (Lipinski definition) is 2. The first-order valence-electron chi connectivity index (χ1n) is 6.67. The van der Waals surface area contributed by atoms with Crippen molar-refractivity contribution in [3.05, 3.63) is 59.3 Å². The van der Waals surface area contributed by atoms with Crippen LogP contribution in [0.3, 0.4) is 0 Å². The largest absolute Gasteiger partial charge is 0.337 e. The van der Waals surface area contributed by atoms with Gasteiger partial charge in [0, 0.05) is 12.7 Å². The van der Waals surface area contributed by atoms with E-state index < -0.39 is 0 Å². The molecule has 0 spiro atoms. The summed E-state index contributed by atoms with van der Waals surface area (Å²) >= 11 is 0. The number of carbonyl (C=O) groups excluding carboxylic acids is 1. The lowest BCUT2D eigenvalue weighted by molar-refractivity contribution is 0.252. The van der Waals surface area contributed by atoms with E-state index in [-0.39, 0.29) is 6.03 Å². The number of carbonyl (C=O) groups is 1.